The molecule has 5 heteroatoms. The standard InChI is InChI=1S/C10H11Cl2FO2/c1-15-10-4-9(13)6(3-8(10)12)2-7(14)5-11/h3-4,7,14H,2,5H2,1H3. The predicted molar refractivity (Wildman–Crippen MR) is 58.4 cm³/mol. The predicted octanol–water partition coefficient (Wildman–Crippen LogP) is 2.63. The first-order chi connectivity index (χ1) is 7.08. The van der Waals surface area contributed by atoms with Gasteiger partial charge >= 0.3 is 0 Å². The lowest BCUT2D eigenvalue weighted by atomic mass is 10.1. The molecule has 0 saturated heterocycles. The van der Waals surface area contributed by atoms with Gasteiger partial charge in [0.25, 0.3) is 0 Å². The Morgan fingerprint density at radius 3 is 2.73 bits per heavy atom. The second kappa shape index (κ2) is 5.54. The average Bonchev–Trinajstić information content (AvgIpc) is 2.22. The lowest BCUT2D eigenvalue weighted by molar-refractivity contribution is 0.197. The van der Waals surface area contributed by atoms with Crippen LogP contribution in [-0.4, -0.2) is 24.2 Å². The maximum atomic E-state index is 13.4. The Labute approximate surface area is 97.6 Å². The number of aliphatic hydroxyl groups excluding tert-OH is 1. The molecule has 1 unspecified atom stereocenters. The number of alkyl halides is 1. The van der Waals surface area contributed by atoms with E-state index in [0.29, 0.717) is 10.6 Å². The fraction of sp³-hybridized carbons (Fsp3) is 0.400. The minimum absolute atomic E-state index is 0.0586. The van der Waals surface area contributed by atoms with Crippen molar-refractivity contribution in [2.45, 2.75) is 12.5 Å². The topological polar surface area (TPSA) is 29.5 Å². The van der Waals surface area contributed by atoms with Gasteiger partial charge in [-0.2, -0.15) is 0 Å². The van der Waals surface area contributed by atoms with E-state index < -0.39 is 11.9 Å². The molecule has 0 amide bonds. The van der Waals surface area contributed by atoms with E-state index in [4.69, 9.17) is 27.9 Å². The molecule has 1 aromatic carbocycles. The summed E-state index contributed by atoms with van der Waals surface area (Å²) in [5.74, 6) is -0.123. The monoisotopic (exact) mass is 252 g/mol. The van der Waals surface area contributed by atoms with Crippen molar-refractivity contribution < 1.29 is 14.2 Å². The van der Waals surface area contributed by atoms with Gasteiger partial charge in [-0.3, -0.25) is 0 Å². The molecule has 2 nitrogen and oxygen atoms in total. The van der Waals surface area contributed by atoms with Crippen LogP contribution in [0.3, 0.4) is 0 Å². The molecule has 0 spiro atoms. The van der Waals surface area contributed by atoms with Crippen LogP contribution in [0.4, 0.5) is 4.39 Å². The van der Waals surface area contributed by atoms with E-state index in [9.17, 15) is 9.50 Å². The number of rotatable bonds is 4. The zero-order valence-corrected chi connectivity index (χ0v) is 9.65. The first-order valence-electron chi connectivity index (χ1n) is 4.34. The fourth-order valence-electron chi connectivity index (χ4n) is 1.19. The van der Waals surface area contributed by atoms with E-state index >= 15 is 0 Å². The van der Waals surface area contributed by atoms with Gasteiger partial charge in [-0.15, -0.1) is 11.6 Å². The van der Waals surface area contributed by atoms with Crippen molar-refractivity contribution in [1.29, 1.82) is 0 Å². The van der Waals surface area contributed by atoms with Crippen LogP contribution in [0.2, 0.25) is 5.02 Å². The van der Waals surface area contributed by atoms with Crippen LogP contribution >= 0.6 is 23.2 Å². The van der Waals surface area contributed by atoms with E-state index in [-0.39, 0.29) is 18.1 Å². The van der Waals surface area contributed by atoms with Gasteiger partial charge in [-0.05, 0) is 11.6 Å². The zero-order chi connectivity index (χ0) is 11.4. The molecule has 0 aromatic heterocycles. The largest absolute Gasteiger partial charge is 0.495 e. The molecule has 84 valence electrons. The Bertz CT molecular complexity index is 344. The molecule has 0 fully saturated rings. The van der Waals surface area contributed by atoms with Crippen molar-refractivity contribution >= 4 is 23.2 Å². The third-order valence-corrected chi connectivity index (χ3v) is 2.61. The van der Waals surface area contributed by atoms with E-state index in [1.807, 2.05) is 0 Å². The van der Waals surface area contributed by atoms with Crippen LogP contribution in [0.1, 0.15) is 5.56 Å². The van der Waals surface area contributed by atoms with Crippen LogP contribution in [0.15, 0.2) is 12.1 Å². The third-order valence-electron chi connectivity index (χ3n) is 1.95. The summed E-state index contributed by atoms with van der Waals surface area (Å²) < 4.78 is 18.3. The van der Waals surface area contributed by atoms with E-state index in [1.54, 1.807) is 0 Å². The Balaban J connectivity index is 2.95. The summed E-state index contributed by atoms with van der Waals surface area (Å²) in [6.45, 7) is 0. The SMILES string of the molecule is COc1cc(F)c(CC(O)CCl)cc1Cl. The maximum Gasteiger partial charge on any atom is 0.140 e. The number of benzene rings is 1. The summed E-state index contributed by atoms with van der Waals surface area (Å²) in [5, 5.41) is 9.60. The molecule has 1 N–H and O–H groups in total. The van der Waals surface area contributed by atoms with Gasteiger partial charge in [0.05, 0.1) is 18.2 Å². The summed E-state index contributed by atoms with van der Waals surface area (Å²) in [4.78, 5) is 0. The lowest BCUT2D eigenvalue weighted by Crippen LogP contribution is -2.13. The first-order valence-corrected chi connectivity index (χ1v) is 5.25. The van der Waals surface area contributed by atoms with Crippen LogP contribution in [0.25, 0.3) is 0 Å². The molecule has 0 aliphatic heterocycles. The minimum Gasteiger partial charge on any atom is -0.495 e. The Morgan fingerprint density at radius 1 is 1.53 bits per heavy atom. The lowest BCUT2D eigenvalue weighted by Gasteiger charge is -2.10. The summed E-state index contributed by atoms with van der Waals surface area (Å²) in [7, 11) is 1.41. The summed E-state index contributed by atoms with van der Waals surface area (Å²) in [5.41, 5.74) is 0.328. The molecular weight excluding hydrogens is 242 g/mol. The summed E-state index contributed by atoms with van der Waals surface area (Å²) in [6, 6.07) is 2.63. The van der Waals surface area contributed by atoms with Crippen molar-refractivity contribution in [2.24, 2.45) is 0 Å². The Kier molecular flexibility index (Phi) is 4.64. The molecular formula is C10H11Cl2FO2. The van der Waals surface area contributed by atoms with Gasteiger partial charge in [-0.1, -0.05) is 11.6 Å². The van der Waals surface area contributed by atoms with Gasteiger partial charge in [0.1, 0.15) is 11.6 Å². The molecule has 1 rings (SSSR count). The second-order valence-electron chi connectivity index (χ2n) is 3.09. The molecule has 0 saturated carbocycles. The van der Waals surface area contributed by atoms with Gasteiger partial charge in [0.2, 0.25) is 0 Å². The normalized spacial score (nSPS) is 12.6. The maximum absolute atomic E-state index is 13.4. The van der Waals surface area contributed by atoms with Gasteiger partial charge in [-0.25, -0.2) is 4.39 Å². The highest BCUT2D eigenvalue weighted by atomic mass is 35.5. The highest BCUT2D eigenvalue weighted by Gasteiger charge is 2.12. The van der Waals surface area contributed by atoms with E-state index in [2.05, 4.69) is 0 Å². The summed E-state index contributed by atoms with van der Waals surface area (Å²) >= 11 is 11.2. The highest BCUT2D eigenvalue weighted by molar-refractivity contribution is 6.32. The van der Waals surface area contributed by atoms with Gasteiger partial charge < -0.3 is 9.84 Å². The number of hydrogen-bond donors (Lipinski definition) is 1. The number of hydrogen-bond acceptors (Lipinski definition) is 2. The van der Waals surface area contributed by atoms with Crippen molar-refractivity contribution in [2.75, 3.05) is 13.0 Å². The number of methoxy groups -OCH3 is 1. The molecule has 0 bridgehead atoms. The van der Waals surface area contributed by atoms with Crippen LogP contribution in [0.5, 0.6) is 5.75 Å². The zero-order valence-electron chi connectivity index (χ0n) is 8.14. The molecule has 0 heterocycles. The van der Waals surface area contributed by atoms with Crippen LogP contribution in [-0.2, 0) is 6.42 Å². The van der Waals surface area contributed by atoms with E-state index in [0.717, 1.165) is 0 Å². The highest BCUT2D eigenvalue weighted by Crippen LogP contribution is 2.27. The molecule has 1 aromatic rings. The van der Waals surface area contributed by atoms with Gasteiger partial charge in [0, 0.05) is 18.4 Å². The summed E-state index contributed by atoms with van der Waals surface area (Å²) in [6.07, 6.45) is -0.635. The Hall–Kier alpha value is -0.510. The van der Waals surface area contributed by atoms with Gasteiger partial charge in [0.15, 0.2) is 0 Å². The van der Waals surface area contributed by atoms with Crippen LogP contribution < -0.4 is 4.74 Å². The molecule has 1 atom stereocenters. The number of ether oxygens (including phenoxy) is 1. The average molecular weight is 253 g/mol. The van der Waals surface area contributed by atoms with Crippen molar-refractivity contribution in [1.82, 2.24) is 0 Å². The smallest absolute Gasteiger partial charge is 0.140 e. The molecule has 15 heavy (non-hydrogen) atoms. The fourth-order valence-corrected chi connectivity index (χ4v) is 1.56. The number of aliphatic hydroxyl groups is 1. The third kappa shape index (κ3) is 3.23. The Morgan fingerprint density at radius 2 is 2.20 bits per heavy atom. The number of halogens is 3. The van der Waals surface area contributed by atoms with Crippen LogP contribution in [0, 0.1) is 5.82 Å². The van der Waals surface area contributed by atoms with Crippen molar-refractivity contribution in [3.8, 4) is 5.75 Å². The quantitative estimate of drug-likeness (QED) is 0.836. The van der Waals surface area contributed by atoms with E-state index in [1.165, 1.54) is 19.2 Å². The second-order valence-corrected chi connectivity index (χ2v) is 3.81. The van der Waals surface area contributed by atoms with Crippen molar-refractivity contribution in [3.05, 3.63) is 28.5 Å². The minimum atomic E-state index is -0.773. The molecule has 0 aliphatic carbocycles. The molecule has 0 radical (unpaired) electrons. The van der Waals surface area contributed by atoms with Crippen molar-refractivity contribution in [3.63, 3.8) is 0 Å². The molecule has 0 aliphatic rings. The first kappa shape index (κ1) is 12.6.